The minimum absolute atomic E-state index is 0.384. The van der Waals surface area contributed by atoms with Crippen LogP contribution in [0.3, 0.4) is 0 Å². The molecule has 0 saturated heterocycles. The summed E-state index contributed by atoms with van der Waals surface area (Å²) in [6, 6.07) is 9.26. The van der Waals surface area contributed by atoms with E-state index in [-0.39, 0.29) is 0 Å². The normalized spacial score (nSPS) is 25.5. The van der Waals surface area contributed by atoms with Crippen molar-refractivity contribution in [3.8, 4) is 0 Å². The second-order valence-electron chi connectivity index (χ2n) is 6.20. The molecule has 0 amide bonds. The highest BCUT2D eigenvalue weighted by molar-refractivity contribution is 5.56. The Morgan fingerprint density at radius 3 is 2.78 bits per heavy atom. The minimum Gasteiger partial charge on any atom is -0.380 e. The van der Waals surface area contributed by atoms with Gasteiger partial charge in [0.2, 0.25) is 0 Å². The summed E-state index contributed by atoms with van der Waals surface area (Å²) < 4.78 is 0. The number of rotatable bonds is 3. The summed E-state index contributed by atoms with van der Waals surface area (Å²) in [7, 11) is 0. The molecule has 1 aliphatic heterocycles. The van der Waals surface area contributed by atoms with Gasteiger partial charge in [0.1, 0.15) is 0 Å². The number of nitrogens with one attached hydrogen (secondary N) is 2. The van der Waals surface area contributed by atoms with Gasteiger partial charge in [0, 0.05) is 23.8 Å². The monoisotopic (exact) mass is 244 g/mol. The molecule has 1 aromatic carbocycles. The molecule has 0 unspecified atom stereocenters. The Labute approximate surface area is 110 Å². The molecular formula is C16H24N2. The van der Waals surface area contributed by atoms with E-state index in [1.54, 1.807) is 0 Å². The molecule has 1 aromatic rings. The summed E-state index contributed by atoms with van der Waals surface area (Å²) in [5.74, 6) is 0. The van der Waals surface area contributed by atoms with Crippen LogP contribution in [0.15, 0.2) is 24.3 Å². The topological polar surface area (TPSA) is 24.1 Å². The Hall–Kier alpha value is -1.02. The molecule has 1 saturated carbocycles. The van der Waals surface area contributed by atoms with Crippen LogP contribution in [0.5, 0.6) is 0 Å². The van der Waals surface area contributed by atoms with Gasteiger partial charge in [-0.05, 0) is 37.8 Å². The fourth-order valence-corrected chi connectivity index (χ4v) is 3.38. The van der Waals surface area contributed by atoms with Crippen LogP contribution in [0.25, 0.3) is 0 Å². The predicted molar refractivity (Wildman–Crippen MR) is 77.0 cm³/mol. The van der Waals surface area contributed by atoms with E-state index < -0.39 is 0 Å². The molecule has 0 radical (unpaired) electrons. The molecule has 0 aromatic heterocycles. The van der Waals surface area contributed by atoms with E-state index in [1.165, 1.54) is 49.8 Å². The lowest BCUT2D eigenvalue weighted by Crippen LogP contribution is -2.48. The summed E-state index contributed by atoms with van der Waals surface area (Å²) in [5, 5.41) is 7.44. The Bertz CT molecular complexity index is 382. The number of hydrogen-bond donors (Lipinski definition) is 2. The van der Waals surface area contributed by atoms with Crippen molar-refractivity contribution >= 4 is 5.69 Å². The molecule has 2 heteroatoms. The fraction of sp³-hybridized carbons (Fsp3) is 0.625. The average molecular weight is 244 g/mol. The number of hydrogen-bond acceptors (Lipinski definition) is 2. The van der Waals surface area contributed by atoms with Crippen LogP contribution in [0.1, 0.15) is 44.6 Å². The molecule has 1 aliphatic carbocycles. The smallest absolute Gasteiger partial charge is 0.0427 e. The summed E-state index contributed by atoms with van der Waals surface area (Å²) in [5.41, 5.74) is 3.19. The number of fused-ring (bicyclic) bond motifs is 1. The van der Waals surface area contributed by atoms with Gasteiger partial charge in [-0.3, -0.25) is 0 Å². The lowest BCUT2D eigenvalue weighted by molar-refractivity contribution is 0.252. The molecule has 0 spiro atoms. The predicted octanol–water partition coefficient (Wildman–Crippen LogP) is 3.34. The Balaban J connectivity index is 1.53. The first-order chi connectivity index (χ1) is 8.75. The highest BCUT2D eigenvalue weighted by Gasteiger charge is 2.28. The van der Waals surface area contributed by atoms with Gasteiger partial charge < -0.3 is 10.6 Å². The highest BCUT2D eigenvalue weighted by Crippen LogP contribution is 2.29. The lowest BCUT2D eigenvalue weighted by atomic mass is 9.83. The average Bonchev–Trinajstić information content (AvgIpc) is 2.80. The van der Waals surface area contributed by atoms with Crippen molar-refractivity contribution in [2.45, 2.75) is 57.0 Å². The third-order valence-corrected chi connectivity index (χ3v) is 4.58. The van der Waals surface area contributed by atoms with Crippen LogP contribution in [0.4, 0.5) is 5.69 Å². The zero-order valence-electron chi connectivity index (χ0n) is 11.3. The van der Waals surface area contributed by atoms with Crippen molar-refractivity contribution in [1.82, 2.24) is 5.32 Å². The number of para-hydroxylation sites is 1. The Kier molecular flexibility index (Phi) is 3.29. The standard InChI is InChI=1S/C16H24N2/c1-16(9-5-2-6-10-16)17-12-14-11-13-7-3-4-8-15(13)18-14/h3-4,7-8,14,17-18H,2,5-6,9-12H2,1H3/t14-/m0/s1. The molecule has 1 fully saturated rings. The van der Waals surface area contributed by atoms with Gasteiger partial charge in [-0.15, -0.1) is 0 Å². The van der Waals surface area contributed by atoms with Gasteiger partial charge >= 0.3 is 0 Å². The van der Waals surface area contributed by atoms with E-state index >= 15 is 0 Å². The zero-order valence-corrected chi connectivity index (χ0v) is 11.3. The molecule has 18 heavy (non-hydrogen) atoms. The van der Waals surface area contributed by atoms with Gasteiger partial charge in [0.25, 0.3) is 0 Å². The van der Waals surface area contributed by atoms with Gasteiger partial charge in [-0.2, -0.15) is 0 Å². The molecule has 2 N–H and O–H groups in total. The van der Waals surface area contributed by atoms with E-state index in [2.05, 4.69) is 41.8 Å². The van der Waals surface area contributed by atoms with Crippen molar-refractivity contribution in [1.29, 1.82) is 0 Å². The van der Waals surface area contributed by atoms with Gasteiger partial charge in [0.05, 0.1) is 0 Å². The molecule has 1 heterocycles. The molecule has 3 rings (SSSR count). The van der Waals surface area contributed by atoms with Crippen LogP contribution < -0.4 is 10.6 Å². The molecule has 0 bridgehead atoms. The van der Waals surface area contributed by atoms with Crippen molar-refractivity contribution in [3.63, 3.8) is 0 Å². The summed E-state index contributed by atoms with van der Waals surface area (Å²) in [6.07, 6.45) is 8.05. The maximum Gasteiger partial charge on any atom is 0.0427 e. The Morgan fingerprint density at radius 2 is 2.00 bits per heavy atom. The maximum absolute atomic E-state index is 3.81. The highest BCUT2D eigenvalue weighted by atomic mass is 15.0. The molecule has 98 valence electrons. The van der Waals surface area contributed by atoms with Crippen LogP contribution in [0, 0.1) is 0 Å². The van der Waals surface area contributed by atoms with Gasteiger partial charge in [0.15, 0.2) is 0 Å². The first kappa shape index (κ1) is 12.0. The van der Waals surface area contributed by atoms with Crippen molar-refractivity contribution in [3.05, 3.63) is 29.8 Å². The first-order valence-electron chi connectivity index (χ1n) is 7.35. The van der Waals surface area contributed by atoms with E-state index in [9.17, 15) is 0 Å². The molecule has 2 aliphatic rings. The minimum atomic E-state index is 0.384. The van der Waals surface area contributed by atoms with Crippen LogP contribution in [0.2, 0.25) is 0 Å². The number of anilines is 1. The van der Waals surface area contributed by atoms with E-state index in [0.29, 0.717) is 11.6 Å². The third kappa shape index (κ3) is 2.54. The van der Waals surface area contributed by atoms with Crippen LogP contribution in [-0.4, -0.2) is 18.1 Å². The van der Waals surface area contributed by atoms with Gasteiger partial charge in [-0.1, -0.05) is 37.5 Å². The fourth-order valence-electron chi connectivity index (χ4n) is 3.38. The molecule has 2 nitrogen and oxygen atoms in total. The van der Waals surface area contributed by atoms with Gasteiger partial charge in [-0.25, -0.2) is 0 Å². The van der Waals surface area contributed by atoms with Crippen molar-refractivity contribution < 1.29 is 0 Å². The van der Waals surface area contributed by atoms with E-state index in [1.807, 2.05) is 0 Å². The van der Waals surface area contributed by atoms with Crippen molar-refractivity contribution in [2.24, 2.45) is 0 Å². The second-order valence-corrected chi connectivity index (χ2v) is 6.20. The largest absolute Gasteiger partial charge is 0.380 e. The zero-order chi connectivity index (χ0) is 12.4. The van der Waals surface area contributed by atoms with Crippen molar-refractivity contribution in [2.75, 3.05) is 11.9 Å². The summed E-state index contributed by atoms with van der Waals surface area (Å²) >= 11 is 0. The van der Waals surface area contributed by atoms with Crippen LogP contribution in [-0.2, 0) is 6.42 Å². The first-order valence-corrected chi connectivity index (χ1v) is 7.35. The molecular weight excluding hydrogens is 220 g/mol. The third-order valence-electron chi connectivity index (χ3n) is 4.58. The lowest BCUT2D eigenvalue weighted by Gasteiger charge is -2.35. The number of benzene rings is 1. The second kappa shape index (κ2) is 4.93. The maximum atomic E-state index is 3.81. The quantitative estimate of drug-likeness (QED) is 0.852. The summed E-state index contributed by atoms with van der Waals surface area (Å²) in [6.45, 7) is 3.49. The SMILES string of the molecule is CC1(NC[C@@H]2Cc3ccccc3N2)CCCCC1. The van der Waals surface area contributed by atoms with E-state index in [0.717, 1.165) is 6.54 Å². The van der Waals surface area contributed by atoms with E-state index in [4.69, 9.17) is 0 Å². The van der Waals surface area contributed by atoms with Crippen LogP contribution >= 0.6 is 0 Å². The summed E-state index contributed by atoms with van der Waals surface area (Å²) in [4.78, 5) is 0. The molecule has 1 atom stereocenters. The Morgan fingerprint density at radius 1 is 1.22 bits per heavy atom.